The van der Waals surface area contributed by atoms with Crippen LogP contribution < -0.4 is 11.2 Å². The lowest BCUT2D eigenvalue weighted by molar-refractivity contribution is -0.144. The molecule has 6 heteroatoms. The highest BCUT2D eigenvalue weighted by atomic mass is 32.1. The number of rotatable bonds is 6. The van der Waals surface area contributed by atoms with Crippen molar-refractivity contribution in [3.8, 4) is 0 Å². The van der Waals surface area contributed by atoms with Crippen LogP contribution in [0, 0.1) is 11.8 Å². The number of carboxylic acids is 1. The number of carboxylic acid groups (broad SMARTS) is 1. The second-order valence-corrected chi connectivity index (χ2v) is 4.57. The molecule has 0 aliphatic heterocycles. The van der Waals surface area contributed by atoms with Gasteiger partial charge in [0.05, 0.1) is 11.4 Å². The molecule has 0 bridgehead atoms. The first-order chi connectivity index (χ1) is 8.19. The lowest BCUT2D eigenvalue weighted by Gasteiger charge is -2.28. The largest absolute Gasteiger partial charge is 0.481 e. The summed E-state index contributed by atoms with van der Waals surface area (Å²) in [7, 11) is 0. The Hall–Kier alpha value is -1.17. The Kier molecular flexibility index (Phi) is 5.90. The summed E-state index contributed by atoms with van der Waals surface area (Å²) in [6.07, 6.45) is 3.99. The summed E-state index contributed by atoms with van der Waals surface area (Å²) in [6.45, 7) is 0.620. The molecule has 0 saturated heterocycles. The van der Waals surface area contributed by atoms with E-state index in [0.29, 0.717) is 13.0 Å². The van der Waals surface area contributed by atoms with Crippen LogP contribution in [0.5, 0.6) is 0 Å². The Balaban J connectivity index is 2.48. The average Bonchev–Trinajstić information content (AvgIpc) is 2.34. The van der Waals surface area contributed by atoms with Crippen molar-refractivity contribution in [2.45, 2.75) is 32.1 Å². The van der Waals surface area contributed by atoms with Crippen molar-refractivity contribution in [2.75, 3.05) is 6.54 Å². The zero-order chi connectivity index (χ0) is 12.7. The molecule has 0 amide bonds. The third kappa shape index (κ3) is 4.30. The van der Waals surface area contributed by atoms with Crippen molar-refractivity contribution in [3.63, 3.8) is 0 Å². The van der Waals surface area contributed by atoms with Crippen molar-refractivity contribution >= 4 is 29.4 Å². The number of nitrogens with one attached hydrogen (secondary N) is 1. The molecule has 1 unspecified atom stereocenters. The normalized spacial score (nSPS) is 21.6. The maximum atomic E-state index is 11.2. The molecule has 17 heavy (non-hydrogen) atoms. The van der Waals surface area contributed by atoms with Crippen LogP contribution in [0.1, 0.15) is 32.1 Å². The number of nitrogens with zero attached hydrogens (tertiary/aromatic N) is 1. The zero-order valence-electron chi connectivity index (χ0n) is 9.76. The van der Waals surface area contributed by atoms with Gasteiger partial charge in [0.1, 0.15) is 0 Å². The minimum absolute atomic E-state index is 0.227. The number of hydrogen-bond donors (Lipinski definition) is 3. The first kappa shape index (κ1) is 13.9. The summed E-state index contributed by atoms with van der Waals surface area (Å²) >= 11 is 4.64. The van der Waals surface area contributed by atoms with E-state index in [4.69, 9.17) is 5.84 Å². The third-order valence-corrected chi connectivity index (χ3v) is 3.53. The lowest BCUT2D eigenvalue weighted by atomic mass is 9.78. The van der Waals surface area contributed by atoms with Crippen LogP contribution in [0.3, 0.4) is 0 Å². The van der Waals surface area contributed by atoms with Gasteiger partial charge in [0.15, 0.2) is 0 Å². The Labute approximate surface area is 106 Å². The molecule has 0 aromatic heterocycles. The third-order valence-electron chi connectivity index (χ3n) is 3.36. The Morgan fingerprint density at radius 2 is 2.29 bits per heavy atom. The van der Waals surface area contributed by atoms with Gasteiger partial charge in [-0.05, 0) is 38.0 Å². The minimum Gasteiger partial charge on any atom is -0.481 e. The van der Waals surface area contributed by atoms with Crippen LogP contribution in [0.15, 0.2) is 5.10 Å². The minimum atomic E-state index is -0.714. The van der Waals surface area contributed by atoms with Crippen molar-refractivity contribution in [1.29, 1.82) is 0 Å². The van der Waals surface area contributed by atoms with Gasteiger partial charge in [0, 0.05) is 12.3 Å². The fourth-order valence-corrected chi connectivity index (χ4v) is 2.48. The second-order valence-electron chi connectivity index (χ2n) is 4.34. The number of hydrazone groups is 1. The molecule has 1 rings (SSSR count). The standard InChI is InChI=1S/C11H19N3O2S/c12-14-9-3-1-8(2-4-9)10(11(15)16)5-6-13-7-17/h7-8,10H,1-6,12H2,(H,13,17)(H,15,16). The molecule has 0 heterocycles. The van der Waals surface area contributed by atoms with E-state index < -0.39 is 5.97 Å². The van der Waals surface area contributed by atoms with E-state index >= 15 is 0 Å². The molecular weight excluding hydrogens is 238 g/mol. The van der Waals surface area contributed by atoms with Gasteiger partial charge in [-0.25, -0.2) is 0 Å². The van der Waals surface area contributed by atoms with Gasteiger partial charge in [-0.1, -0.05) is 12.2 Å². The molecule has 1 aliphatic rings. The molecule has 0 aromatic rings. The van der Waals surface area contributed by atoms with E-state index in [9.17, 15) is 9.90 Å². The van der Waals surface area contributed by atoms with Crippen LogP contribution in [0.4, 0.5) is 0 Å². The van der Waals surface area contributed by atoms with E-state index in [2.05, 4.69) is 22.6 Å². The van der Waals surface area contributed by atoms with Crippen molar-refractivity contribution in [3.05, 3.63) is 0 Å². The van der Waals surface area contributed by atoms with Crippen molar-refractivity contribution in [1.82, 2.24) is 5.32 Å². The second kappa shape index (κ2) is 7.21. The first-order valence-corrected chi connectivity index (χ1v) is 6.31. The molecule has 0 aromatic carbocycles. The maximum Gasteiger partial charge on any atom is 0.306 e. The van der Waals surface area contributed by atoms with Gasteiger partial charge in [-0.2, -0.15) is 5.10 Å². The van der Waals surface area contributed by atoms with E-state index in [1.807, 2.05) is 0 Å². The Morgan fingerprint density at radius 3 is 2.76 bits per heavy atom. The zero-order valence-corrected chi connectivity index (χ0v) is 10.6. The van der Waals surface area contributed by atoms with Gasteiger partial charge in [-0.3, -0.25) is 4.79 Å². The molecule has 4 N–H and O–H groups in total. The van der Waals surface area contributed by atoms with E-state index in [0.717, 1.165) is 31.4 Å². The van der Waals surface area contributed by atoms with Crippen LogP contribution in [-0.2, 0) is 4.79 Å². The molecular formula is C11H19N3O2S. The summed E-state index contributed by atoms with van der Waals surface area (Å²) in [5.74, 6) is 4.45. The maximum absolute atomic E-state index is 11.2. The highest BCUT2D eigenvalue weighted by molar-refractivity contribution is 7.78. The fraction of sp³-hybridized carbons (Fsp3) is 0.727. The molecule has 0 spiro atoms. The predicted octanol–water partition coefficient (Wildman–Crippen LogP) is 1.13. The van der Waals surface area contributed by atoms with Crippen LogP contribution in [-0.4, -0.2) is 28.8 Å². The SMILES string of the molecule is NN=C1CCC(C(CCNC=S)C(=O)O)CC1. The molecule has 5 nitrogen and oxygen atoms in total. The Bertz CT molecular complexity index is 297. The molecule has 1 saturated carbocycles. The molecule has 1 fully saturated rings. The molecule has 96 valence electrons. The first-order valence-electron chi connectivity index (χ1n) is 5.84. The highest BCUT2D eigenvalue weighted by Gasteiger charge is 2.30. The topological polar surface area (TPSA) is 87.7 Å². The van der Waals surface area contributed by atoms with Crippen LogP contribution in [0.25, 0.3) is 0 Å². The Morgan fingerprint density at radius 1 is 1.65 bits per heavy atom. The summed E-state index contributed by atoms with van der Waals surface area (Å²) in [5, 5.41) is 15.8. The van der Waals surface area contributed by atoms with Gasteiger partial charge >= 0.3 is 5.97 Å². The fourth-order valence-electron chi connectivity index (χ4n) is 2.36. The van der Waals surface area contributed by atoms with E-state index in [1.54, 1.807) is 0 Å². The summed E-state index contributed by atoms with van der Waals surface area (Å²) in [6, 6.07) is 0. The van der Waals surface area contributed by atoms with E-state index in [1.165, 1.54) is 5.49 Å². The summed E-state index contributed by atoms with van der Waals surface area (Å²) in [4.78, 5) is 11.2. The smallest absolute Gasteiger partial charge is 0.306 e. The quantitative estimate of drug-likeness (QED) is 0.287. The van der Waals surface area contributed by atoms with Crippen molar-refractivity contribution in [2.24, 2.45) is 22.8 Å². The number of hydrogen-bond acceptors (Lipinski definition) is 4. The number of carbonyl (C=O) groups is 1. The van der Waals surface area contributed by atoms with Gasteiger partial charge in [0.2, 0.25) is 0 Å². The van der Waals surface area contributed by atoms with Gasteiger partial charge in [0.25, 0.3) is 0 Å². The summed E-state index contributed by atoms with van der Waals surface area (Å²) in [5.41, 5.74) is 2.43. The molecule has 1 atom stereocenters. The predicted molar refractivity (Wildman–Crippen MR) is 71.0 cm³/mol. The van der Waals surface area contributed by atoms with Gasteiger partial charge in [-0.15, -0.1) is 0 Å². The number of aliphatic carboxylic acids is 1. The monoisotopic (exact) mass is 257 g/mol. The number of thiocarbonyl (C=S) groups is 1. The van der Waals surface area contributed by atoms with Gasteiger partial charge < -0.3 is 16.3 Å². The summed E-state index contributed by atoms with van der Waals surface area (Å²) < 4.78 is 0. The van der Waals surface area contributed by atoms with E-state index in [-0.39, 0.29) is 11.8 Å². The van der Waals surface area contributed by atoms with Crippen molar-refractivity contribution < 1.29 is 9.90 Å². The molecule has 0 radical (unpaired) electrons. The van der Waals surface area contributed by atoms with Crippen LogP contribution >= 0.6 is 12.2 Å². The number of nitrogens with two attached hydrogens (primary N) is 1. The highest BCUT2D eigenvalue weighted by Crippen LogP contribution is 2.30. The van der Waals surface area contributed by atoms with Crippen LogP contribution in [0.2, 0.25) is 0 Å². The average molecular weight is 257 g/mol. The lowest BCUT2D eigenvalue weighted by Crippen LogP contribution is -2.30. The molecule has 1 aliphatic carbocycles.